The van der Waals surface area contributed by atoms with Crippen LogP contribution in [0, 0.1) is 5.92 Å². The molecule has 0 saturated carbocycles. The van der Waals surface area contributed by atoms with E-state index in [9.17, 15) is 9.13 Å². The van der Waals surface area contributed by atoms with Crippen molar-refractivity contribution in [2.45, 2.75) is 42.0 Å². The topological polar surface area (TPSA) is 238 Å². The second kappa shape index (κ2) is 10.1. The van der Waals surface area contributed by atoms with Crippen LogP contribution in [0.25, 0.3) is 22.3 Å². The molecule has 0 aromatic carbocycles. The zero-order chi connectivity index (χ0) is 31.6. The highest BCUT2D eigenvalue weighted by Crippen LogP contribution is 2.64. The number of nitrogens with zero attached hydrogens (tertiary/aromatic N) is 8. The second-order valence-electron chi connectivity index (χ2n) is 11.7. The van der Waals surface area contributed by atoms with Gasteiger partial charge >= 0.3 is 6.80 Å². The molecular formula is C23H26N10O9P2S2. The molecule has 4 aromatic rings. The lowest BCUT2D eigenvalue weighted by Gasteiger charge is -2.35. The molecule has 0 unspecified atom stereocenters. The van der Waals surface area contributed by atoms with Crippen LogP contribution in [0.4, 0.5) is 11.6 Å². The van der Waals surface area contributed by atoms with Crippen LogP contribution in [0.15, 0.2) is 25.3 Å². The van der Waals surface area contributed by atoms with E-state index in [1.807, 2.05) is 0 Å². The van der Waals surface area contributed by atoms with E-state index >= 15 is 0 Å². The van der Waals surface area contributed by atoms with E-state index in [0.29, 0.717) is 22.3 Å². The number of hydrogen-bond acceptors (Lipinski definition) is 17. The number of thiol groups is 2. The summed E-state index contributed by atoms with van der Waals surface area (Å²) < 4.78 is 74.6. The van der Waals surface area contributed by atoms with Crippen molar-refractivity contribution in [2.75, 3.05) is 44.1 Å². The maximum Gasteiger partial charge on any atom is 0.386 e. The lowest BCUT2D eigenvalue weighted by atomic mass is 9.96. The van der Waals surface area contributed by atoms with Crippen molar-refractivity contribution in [1.29, 1.82) is 0 Å². The number of imidazole rings is 2. The van der Waals surface area contributed by atoms with Crippen LogP contribution in [0.2, 0.25) is 0 Å². The van der Waals surface area contributed by atoms with Crippen LogP contribution >= 0.6 is 37.9 Å². The maximum absolute atomic E-state index is 14.2. The summed E-state index contributed by atoms with van der Waals surface area (Å²) in [6, 6.07) is 0. The minimum atomic E-state index is -4.11. The van der Waals surface area contributed by atoms with Gasteiger partial charge in [0.25, 0.3) is 6.57 Å². The molecule has 10 atom stereocenters. The Hall–Kier alpha value is -2.42. The Morgan fingerprint density at radius 2 is 1.57 bits per heavy atom. The van der Waals surface area contributed by atoms with Crippen molar-refractivity contribution in [3.05, 3.63) is 25.3 Å². The maximum atomic E-state index is 14.2. The van der Waals surface area contributed by atoms with E-state index in [0.717, 1.165) is 0 Å². The Labute approximate surface area is 269 Å². The molecule has 46 heavy (non-hydrogen) atoms. The van der Waals surface area contributed by atoms with Gasteiger partial charge in [0.1, 0.15) is 47.6 Å². The molecule has 5 aliphatic heterocycles. The van der Waals surface area contributed by atoms with Gasteiger partial charge in [0.15, 0.2) is 34.9 Å². The van der Waals surface area contributed by atoms with Gasteiger partial charge in [-0.05, 0) is 0 Å². The minimum absolute atomic E-state index is 0.0306. The number of ether oxygens (including phenoxy) is 4. The summed E-state index contributed by atoms with van der Waals surface area (Å²) in [5, 5.41) is 0. The van der Waals surface area contributed by atoms with Gasteiger partial charge in [-0.1, -0.05) is 24.5 Å². The van der Waals surface area contributed by atoms with Crippen LogP contribution in [-0.4, -0.2) is 102 Å². The average Bonchev–Trinajstić information content (AvgIpc) is 3.86. The van der Waals surface area contributed by atoms with Crippen molar-refractivity contribution in [3.8, 4) is 0 Å². The van der Waals surface area contributed by atoms with Crippen molar-refractivity contribution in [1.82, 2.24) is 39.0 Å². The fourth-order valence-corrected chi connectivity index (χ4v) is 10.8. The first-order chi connectivity index (χ1) is 22.0. The van der Waals surface area contributed by atoms with Gasteiger partial charge in [0, 0.05) is 12.1 Å². The predicted molar refractivity (Wildman–Crippen MR) is 163 cm³/mol. The van der Waals surface area contributed by atoms with Gasteiger partial charge in [-0.2, -0.15) is 0 Å². The lowest BCUT2D eigenvalue weighted by Crippen LogP contribution is -2.46. The summed E-state index contributed by atoms with van der Waals surface area (Å²) in [5.74, 6) is -0.215. The normalized spacial score (nSPS) is 42.2. The molecule has 0 amide bonds. The Bertz CT molecular complexity index is 2000. The standard InChI is InChI=1S/C23H26N10O9P2S2/c24-17-12-19(28-6-26-17)32(8-30-12)21-15-16-22(41-21,3-36-15)4-39-43(34,45)2-10-14-11(1-38-44(35,46)42-16)40-23(10,5-37-14)33-9-31-13-18(25)27-7-29-20(13)33/h6-11,14-16,21H,1-5H2,(H,34,45)(H,35,46)(H2,24,26,28)(H2,25,27,29)/t10-,11-,14+,15-,16+,21-,22-,23-,43+,44+/m1/s1. The van der Waals surface area contributed by atoms with Gasteiger partial charge in [-0.25, -0.2) is 34.5 Å². The smallest absolute Gasteiger partial charge is 0.382 e. The van der Waals surface area contributed by atoms with Crippen LogP contribution in [0.3, 0.4) is 0 Å². The van der Waals surface area contributed by atoms with Crippen molar-refractivity contribution in [2.24, 2.45) is 5.92 Å². The van der Waals surface area contributed by atoms with Gasteiger partial charge in [0.05, 0.1) is 45.2 Å². The van der Waals surface area contributed by atoms with Crippen molar-refractivity contribution in [3.63, 3.8) is 0 Å². The summed E-state index contributed by atoms with van der Waals surface area (Å²) in [4.78, 5) is 25.4. The lowest BCUT2D eigenvalue weighted by molar-refractivity contribution is -0.188. The number of rotatable bonds is 2. The van der Waals surface area contributed by atoms with Gasteiger partial charge < -0.3 is 34.9 Å². The van der Waals surface area contributed by atoms with Crippen molar-refractivity contribution < 1.29 is 41.6 Å². The number of aromatic nitrogens is 8. The number of hydrogen-bond donors (Lipinski definition) is 4. The molecule has 4 aromatic heterocycles. The fourth-order valence-electron chi connectivity index (χ4n) is 7.11. The number of fused-ring (bicyclic) bond motifs is 2. The van der Waals surface area contributed by atoms with Crippen molar-refractivity contribution >= 4 is 71.8 Å². The molecule has 19 nitrogen and oxygen atoms in total. The van der Waals surface area contributed by atoms with E-state index in [1.54, 1.807) is 9.13 Å². The predicted octanol–water partition coefficient (Wildman–Crippen LogP) is 1.16. The van der Waals surface area contributed by atoms with Crippen LogP contribution in [0.5, 0.6) is 0 Å². The molecule has 4 N–H and O–H groups in total. The Morgan fingerprint density at radius 1 is 0.848 bits per heavy atom. The zero-order valence-electron chi connectivity index (χ0n) is 23.5. The monoisotopic (exact) mass is 712 g/mol. The first kappa shape index (κ1) is 29.7. The van der Waals surface area contributed by atoms with E-state index in [-0.39, 0.29) is 44.2 Å². The summed E-state index contributed by atoms with van der Waals surface area (Å²) in [7, 11) is 0. The molecule has 9 heterocycles. The SMILES string of the molecule is Nc1ncnc2c1ncn2[C@@H]1O[C@@]23CO[C@@H]1[C@@H]2O[P@@](=O)(S)OC[C@H]1O[C@]2(n4cnc5c(N)ncnc54)CO[C@H]1[C@H]2C[P@@](=O)(S)OC3. The highest BCUT2D eigenvalue weighted by atomic mass is 32.7. The van der Waals surface area contributed by atoms with E-state index in [2.05, 4.69) is 54.4 Å². The average molecular weight is 713 g/mol. The van der Waals surface area contributed by atoms with E-state index in [4.69, 9.17) is 44.0 Å². The summed E-state index contributed by atoms with van der Waals surface area (Å²) in [6.45, 7) is -8.33. The van der Waals surface area contributed by atoms with Gasteiger partial charge in [-0.3, -0.25) is 22.7 Å². The summed E-state index contributed by atoms with van der Waals surface area (Å²) in [6.07, 6.45) is 1.41. The van der Waals surface area contributed by atoms with Crippen LogP contribution in [0.1, 0.15) is 6.23 Å². The third-order valence-corrected chi connectivity index (χ3v) is 13.0. The molecule has 6 bridgehead atoms. The van der Waals surface area contributed by atoms with Crippen LogP contribution in [-0.2, 0) is 47.4 Å². The first-order valence-electron chi connectivity index (χ1n) is 14.1. The molecular weight excluding hydrogens is 686 g/mol. The highest BCUT2D eigenvalue weighted by Gasteiger charge is 2.67. The molecule has 5 saturated heterocycles. The molecule has 0 radical (unpaired) electrons. The molecule has 23 heteroatoms. The van der Waals surface area contributed by atoms with E-state index in [1.165, 1.54) is 25.3 Å². The zero-order valence-corrected chi connectivity index (χ0v) is 27.1. The summed E-state index contributed by atoms with van der Waals surface area (Å²) >= 11 is 8.83. The Balaban J connectivity index is 1.08. The molecule has 0 aliphatic carbocycles. The third kappa shape index (κ3) is 4.27. The fraction of sp³-hybridized carbons (Fsp3) is 0.565. The largest absolute Gasteiger partial charge is 0.386 e. The minimum Gasteiger partial charge on any atom is -0.382 e. The summed E-state index contributed by atoms with van der Waals surface area (Å²) in [5.41, 5.74) is 10.9. The molecule has 5 fully saturated rings. The third-order valence-electron chi connectivity index (χ3n) is 9.17. The number of nitrogen functional groups attached to an aromatic ring is 2. The Morgan fingerprint density at radius 3 is 2.37 bits per heavy atom. The quantitative estimate of drug-likeness (QED) is 0.168. The molecule has 244 valence electrons. The van der Waals surface area contributed by atoms with Gasteiger partial charge in [0.2, 0.25) is 0 Å². The molecule has 9 rings (SSSR count). The van der Waals surface area contributed by atoms with E-state index < -0.39 is 61.3 Å². The Kier molecular flexibility index (Phi) is 6.49. The molecule has 5 aliphatic rings. The van der Waals surface area contributed by atoms with Crippen LogP contribution < -0.4 is 11.5 Å². The first-order valence-corrected chi connectivity index (χ1v) is 19.7. The second-order valence-corrected chi connectivity index (χ2v) is 18.3. The molecule has 0 spiro atoms. The highest BCUT2D eigenvalue weighted by molar-refractivity contribution is 8.46. The van der Waals surface area contributed by atoms with Gasteiger partial charge in [-0.15, -0.1) is 0 Å². The number of anilines is 2. The number of nitrogens with two attached hydrogens (primary N) is 2.